The quantitative estimate of drug-likeness (QED) is 0.690. The van der Waals surface area contributed by atoms with E-state index in [1.165, 1.54) is 0 Å². The second-order valence-corrected chi connectivity index (χ2v) is 6.57. The maximum atomic E-state index is 12.7. The van der Waals surface area contributed by atoms with E-state index in [1.54, 1.807) is 6.92 Å². The summed E-state index contributed by atoms with van der Waals surface area (Å²) in [5.74, 6) is 0.373. The Hall–Kier alpha value is -2.79. The van der Waals surface area contributed by atoms with E-state index < -0.39 is 0 Å². The summed E-state index contributed by atoms with van der Waals surface area (Å²) in [5, 5.41) is 3.90. The van der Waals surface area contributed by atoms with E-state index in [9.17, 15) is 4.79 Å². The van der Waals surface area contributed by atoms with Gasteiger partial charge in [-0.15, -0.1) is 0 Å². The van der Waals surface area contributed by atoms with Crippen LogP contribution in [0.5, 0.6) is 0 Å². The third-order valence-electron chi connectivity index (χ3n) is 4.51. The average Bonchev–Trinajstić information content (AvgIpc) is 2.99. The molecule has 0 saturated carbocycles. The summed E-state index contributed by atoms with van der Waals surface area (Å²) in [4.78, 5) is 17.4. The molecule has 6 heteroatoms. The van der Waals surface area contributed by atoms with Crippen LogP contribution in [0.3, 0.4) is 0 Å². The number of ether oxygens (including phenoxy) is 1. The molecule has 1 aliphatic rings. The van der Waals surface area contributed by atoms with Gasteiger partial charge in [0.2, 0.25) is 5.95 Å². The lowest BCUT2D eigenvalue weighted by atomic mass is 9.95. The van der Waals surface area contributed by atoms with Gasteiger partial charge < -0.3 is 10.1 Å². The Morgan fingerprint density at radius 2 is 1.96 bits per heavy atom. The standard InChI is InChI=1S/C20H18ClN3O2/c1-3-26-19(25)17-12(2)22-20-23-15-6-4-5-7-16(15)24(20)18(17)13-8-10-14(21)11-9-13/h4-11,18H,3H2,1-2H3,(H,22,23)/t18-/m0/s1. The summed E-state index contributed by atoms with van der Waals surface area (Å²) >= 11 is 6.07. The lowest BCUT2D eigenvalue weighted by Gasteiger charge is -2.30. The fraction of sp³-hybridized carbons (Fsp3) is 0.200. The highest BCUT2D eigenvalue weighted by Crippen LogP contribution is 2.39. The van der Waals surface area contributed by atoms with E-state index in [4.69, 9.17) is 16.3 Å². The largest absolute Gasteiger partial charge is 0.463 e. The number of rotatable bonds is 3. The van der Waals surface area contributed by atoms with Crippen LogP contribution < -0.4 is 5.32 Å². The number of halogens is 1. The minimum atomic E-state index is -0.338. The highest BCUT2D eigenvalue weighted by Gasteiger charge is 2.34. The number of imidazole rings is 1. The number of hydrogen-bond acceptors (Lipinski definition) is 4. The lowest BCUT2D eigenvalue weighted by Crippen LogP contribution is -2.28. The number of hydrogen-bond donors (Lipinski definition) is 1. The Kier molecular flexibility index (Phi) is 4.17. The van der Waals surface area contributed by atoms with Gasteiger partial charge in [-0.05, 0) is 43.7 Å². The highest BCUT2D eigenvalue weighted by molar-refractivity contribution is 6.30. The number of benzene rings is 2. The van der Waals surface area contributed by atoms with Crippen LogP contribution in [0.1, 0.15) is 25.5 Å². The Morgan fingerprint density at radius 3 is 2.69 bits per heavy atom. The molecule has 1 aliphatic heterocycles. The highest BCUT2D eigenvalue weighted by atomic mass is 35.5. The summed E-state index contributed by atoms with van der Waals surface area (Å²) in [6.45, 7) is 4.00. The van der Waals surface area contributed by atoms with Gasteiger partial charge in [0.25, 0.3) is 0 Å². The SMILES string of the molecule is CCOC(=O)C1=C(C)Nc2nc3ccccc3n2[C@H]1c1ccc(Cl)cc1. The van der Waals surface area contributed by atoms with Gasteiger partial charge in [0, 0.05) is 10.7 Å². The van der Waals surface area contributed by atoms with E-state index in [0.29, 0.717) is 23.2 Å². The van der Waals surface area contributed by atoms with Crippen LogP contribution in [0.15, 0.2) is 59.8 Å². The number of para-hydroxylation sites is 2. The molecule has 5 nitrogen and oxygen atoms in total. The average molecular weight is 368 g/mol. The van der Waals surface area contributed by atoms with Crippen molar-refractivity contribution in [3.63, 3.8) is 0 Å². The molecule has 4 rings (SSSR count). The second-order valence-electron chi connectivity index (χ2n) is 6.13. The molecule has 0 spiro atoms. The van der Waals surface area contributed by atoms with Gasteiger partial charge in [-0.25, -0.2) is 9.78 Å². The molecule has 3 aromatic rings. The molecule has 0 amide bonds. The molecule has 0 fully saturated rings. The molecule has 132 valence electrons. The van der Waals surface area contributed by atoms with Crippen molar-refractivity contribution in [1.82, 2.24) is 9.55 Å². The Labute approximate surface area is 156 Å². The number of anilines is 1. The van der Waals surface area contributed by atoms with Crippen molar-refractivity contribution in [2.45, 2.75) is 19.9 Å². The zero-order valence-electron chi connectivity index (χ0n) is 14.5. The van der Waals surface area contributed by atoms with Crippen LogP contribution in [-0.4, -0.2) is 22.1 Å². The van der Waals surface area contributed by atoms with E-state index in [2.05, 4.69) is 10.3 Å². The smallest absolute Gasteiger partial charge is 0.338 e. The van der Waals surface area contributed by atoms with Gasteiger partial charge in [-0.1, -0.05) is 35.9 Å². The molecule has 26 heavy (non-hydrogen) atoms. The molecule has 0 saturated heterocycles. The summed E-state index contributed by atoms with van der Waals surface area (Å²) in [6, 6.07) is 15.1. The van der Waals surface area contributed by atoms with Crippen molar-refractivity contribution in [2.24, 2.45) is 0 Å². The number of fused-ring (bicyclic) bond motifs is 3. The summed E-state index contributed by atoms with van der Waals surface area (Å²) in [6.07, 6.45) is 0. The number of carbonyl (C=O) groups is 1. The van der Waals surface area contributed by atoms with Crippen LogP contribution in [0.4, 0.5) is 5.95 Å². The van der Waals surface area contributed by atoms with E-state index in [1.807, 2.05) is 60.0 Å². The maximum absolute atomic E-state index is 12.7. The molecule has 0 aliphatic carbocycles. The van der Waals surface area contributed by atoms with E-state index >= 15 is 0 Å². The number of carbonyl (C=O) groups excluding carboxylic acids is 1. The van der Waals surface area contributed by atoms with Gasteiger partial charge in [0.1, 0.15) is 0 Å². The zero-order chi connectivity index (χ0) is 18.3. The molecule has 1 aromatic heterocycles. The first-order valence-electron chi connectivity index (χ1n) is 8.47. The van der Waals surface area contributed by atoms with E-state index in [-0.39, 0.29) is 12.0 Å². The third-order valence-corrected chi connectivity index (χ3v) is 4.76. The van der Waals surface area contributed by atoms with Gasteiger partial charge >= 0.3 is 5.97 Å². The molecule has 2 heterocycles. The summed E-state index contributed by atoms with van der Waals surface area (Å²) < 4.78 is 7.37. The number of nitrogens with one attached hydrogen (secondary N) is 1. The van der Waals surface area contributed by atoms with Crippen LogP contribution >= 0.6 is 11.6 Å². The van der Waals surface area contributed by atoms with Gasteiger partial charge in [0.05, 0.1) is 29.3 Å². The number of aromatic nitrogens is 2. The summed E-state index contributed by atoms with van der Waals surface area (Å²) in [7, 11) is 0. The minimum absolute atomic E-state index is 0.320. The fourth-order valence-electron chi connectivity index (χ4n) is 3.40. The van der Waals surface area contributed by atoms with Crippen molar-refractivity contribution < 1.29 is 9.53 Å². The van der Waals surface area contributed by atoms with Crippen LogP contribution in [-0.2, 0) is 9.53 Å². The first-order chi connectivity index (χ1) is 12.6. The van der Waals surface area contributed by atoms with Gasteiger partial charge in [-0.3, -0.25) is 4.57 Å². The second kappa shape index (κ2) is 6.50. The van der Waals surface area contributed by atoms with Crippen LogP contribution in [0, 0.1) is 0 Å². The van der Waals surface area contributed by atoms with Crippen molar-refractivity contribution >= 4 is 34.6 Å². The molecule has 0 bridgehead atoms. The molecule has 2 aromatic carbocycles. The van der Waals surface area contributed by atoms with E-state index in [0.717, 1.165) is 22.3 Å². The maximum Gasteiger partial charge on any atom is 0.338 e. The Morgan fingerprint density at radius 1 is 1.23 bits per heavy atom. The third kappa shape index (κ3) is 2.65. The van der Waals surface area contributed by atoms with Gasteiger partial charge in [-0.2, -0.15) is 0 Å². The fourth-order valence-corrected chi connectivity index (χ4v) is 3.52. The number of nitrogens with zero attached hydrogens (tertiary/aromatic N) is 2. The molecule has 0 radical (unpaired) electrons. The first-order valence-corrected chi connectivity index (χ1v) is 8.85. The molecular weight excluding hydrogens is 350 g/mol. The first kappa shape index (κ1) is 16.7. The van der Waals surface area contributed by atoms with Crippen molar-refractivity contribution in [3.05, 3.63) is 70.4 Å². The summed E-state index contributed by atoms with van der Waals surface area (Å²) in [5.41, 5.74) is 4.08. The molecular formula is C20H18ClN3O2. The lowest BCUT2D eigenvalue weighted by molar-refractivity contribution is -0.139. The number of esters is 1. The molecule has 1 N–H and O–H groups in total. The normalized spacial score (nSPS) is 16.3. The minimum Gasteiger partial charge on any atom is -0.463 e. The topological polar surface area (TPSA) is 56.1 Å². The van der Waals surface area contributed by atoms with Gasteiger partial charge in [0.15, 0.2) is 0 Å². The number of allylic oxidation sites excluding steroid dienone is 1. The van der Waals surface area contributed by atoms with Crippen LogP contribution in [0.2, 0.25) is 5.02 Å². The Balaban J connectivity index is 1.97. The molecule has 1 atom stereocenters. The zero-order valence-corrected chi connectivity index (χ0v) is 15.2. The van der Waals surface area contributed by atoms with Crippen molar-refractivity contribution in [2.75, 3.05) is 11.9 Å². The molecule has 0 unspecified atom stereocenters. The van der Waals surface area contributed by atoms with Crippen LogP contribution in [0.25, 0.3) is 11.0 Å². The predicted octanol–water partition coefficient (Wildman–Crippen LogP) is 4.54. The van der Waals surface area contributed by atoms with Crippen molar-refractivity contribution in [1.29, 1.82) is 0 Å². The van der Waals surface area contributed by atoms with Crippen molar-refractivity contribution in [3.8, 4) is 0 Å². The Bertz CT molecular complexity index is 1020. The predicted molar refractivity (Wildman–Crippen MR) is 102 cm³/mol. The monoisotopic (exact) mass is 367 g/mol.